The minimum Gasteiger partial charge on any atom is -0.444 e. The van der Waals surface area contributed by atoms with E-state index in [9.17, 15) is 4.79 Å². The Morgan fingerprint density at radius 3 is 2.63 bits per heavy atom. The molecule has 0 spiro atoms. The van der Waals surface area contributed by atoms with Crippen molar-refractivity contribution in [3.63, 3.8) is 0 Å². The van der Waals surface area contributed by atoms with Crippen LogP contribution in [0.5, 0.6) is 0 Å². The van der Waals surface area contributed by atoms with Gasteiger partial charge in [-0.3, -0.25) is 4.98 Å². The molecule has 0 fully saturated rings. The molecule has 1 unspecified atom stereocenters. The number of halogens is 1. The minimum atomic E-state index is -0.508. The smallest absolute Gasteiger partial charge is 0.410 e. The minimum absolute atomic E-state index is 0.281. The summed E-state index contributed by atoms with van der Waals surface area (Å²) in [7, 11) is 0. The van der Waals surface area contributed by atoms with Gasteiger partial charge in [0.25, 0.3) is 0 Å². The highest BCUT2D eigenvalue weighted by Gasteiger charge is 2.27. The van der Waals surface area contributed by atoms with Crippen LogP contribution >= 0.6 is 11.6 Å². The molecule has 0 bridgehead atoms. The van der Waals surface area contributed by atoms with Crippen LogP contribution in [0.2, 0.25) is 5.02 Å². The fourth-order valence-electron chi connectivity index (χ4n) is 3.38. The second kappa shape index (κ2) is 7.87. The number of rotatable bonds is 2. The van der Waals surface area contributed by atoms with Gasteiger partial charge >= 0.3 is 6.09 Å². The molecule has 27 heavy (non-hydrogen) atoms. The summed E-state index contributed by atoms with van der Waals surface area (Å²) < 4.78 is 5.53. The maximum Gasteiger partial charge on any atom is 0.410 e. The molecule has 1 amide bonds. The summed E-state index contributed by atoms with van der Waals surface area (Å²) in [4.78, 5) is 18.6. The molecule has 1 aromatic heterocycles. The van der Waals surface area contributed by atoms with Gasteiger partial charge in [0.1, 0.15) is 5.60 Å². The first-order valence-corrected chi connectivity index (χ1v) is 9.58. The molecule has 0 radical (unpaired) electrons. The predicted molar refractivity (Wildman–Crippen MR) is 107 cm³/mol. The van der Waals surface area contributed by atoms with E-state index in [4.69, 9.17) is 22.1 Å². The number of ether oxygens (including phenoxy) is 1. The average molecular weight is 388 g/mol. The van der Waals surface area contributed by atoms with Gasteiger partial charge in [-0.1, -0.05) is 23.7 Å². The number of nitrogens with two attached hydrogens (primary N) is 1. The van der Waals surface area contributed by atoms with Crippen LogP contribution in [0.4, 0.5) is 4.79 Å². The predicted octanol–water partition coefficient (Wildman–Crippen LogP) is 4.12. The number of amides is 1. The van der Waals surface area contributed by atoms with Crippen molar-refractivity contribution < 1.29 is 9.53 Å². The van der Waals surface area contributed by atoms with Crippen LogP contribution < -0.4 is 5.73 Å². The molecule has 1 aliphatic rings. The Morgan fingerprint density at radius 2 is 1.96 bits per heavy atom. The van der Waals surface area contributed by atoms with Gasteiger partial charge in [-0.25, -0.2) is 4.79 Å². The largest absolute Gasteiger partial charge is 0.444 e. The highest BCUT2D eigenvalue weighted by molar-refractivity contribution is 6.31. The molecule has 1 aromatic carbocycles. The molecule has 2 heterocycles. The van der Waals surface area contributed by atoms with Gasteiger partial charge in [-0.2, -0.15) is 0 Å². The van der Waals surface area contributed by atoms with Crippen molar-refractivity contribution in [1.29, 1.82) is 0 Å². The first-order chi connectivity index (χ1) is 12.8. The van der Waals surface area contributed by atoms with Crippen LogP contribution in [0.25, 0.3) is 0 Å². The quantitative estimate of drug-likeness (QED) is 0.841. The number of hydrogen-bond donors (Lipinski definition) is 1. The first kappa shape index (κ1) is 19.6. The summed E-state index contributed by atoms with van der Waals surface area (Å²) in [6.45, 7) is 6.82. The van der Waals surface area contributed by atoms with E-state index in [1.165, 1.54) is 5.56 Å². The Balaban J connectivity index is 1.88. The fraction of sp³-hybridized carbons (Fsp3) is 0.429. The second-order valence-corrected chi connectivity index (χ2v) is 8.21. The number of pyridine rings is 1. The van der Waals surface area contributed by atoms with E-state index in [0.29, 0.717) is 24.5 Å². The Hall–Kier alpha value is -2.11. The van der Waals surface area contributed by atoms with Crippen LogP contribution in [0.3, 0.4) is 0 Å². The Kier molecular flexibility index (Phi) is 5.72. The Morgan fingerprint density at radius 1 is 1.22 bits per heavy atom. The second-order valence-electron chi connectivity index (χ2n) is 7.80. The molecular weight excluding hydrogens is 362 g/mol. The van der Waals surface area contributed by atoms with Crippen molar-refractivity contribution >= 4 is 17.7 Å². The van der Waals surface area contributed by atoms with Gasteiger partial charge in [0.05, 0.1) is 11.7 Å². The van der Waals surface area contributed by atoms with E-state index < -0.39 is 11.6 Å². The molecule has 0 saturated carbocycles. The zero-order chi connectivity index (χ0) is 19.6. The van der Waals surface area contributed by atoms with Gasteiger partial charge in [-0.05, 0) is 68.5 Å². The summed E-state index contributed by atoms with van der Waals surface area (Å²) in [6.07, 6.45) is 2.88. The van der Waals surface area contributed by atoms with Crippen LogP contribution in [-0.2, 0) is 17.6 Å². The highest BCUT2D eigenvalue weighted by atomic mass is 35.5. The van der Waals surface area contributed by atoms with Gasteiger partial charge in [0.15, 0.2) is 0 Å². The molecule has 1 atom stereocenters. The Bertz CT molecular complexity index is 818. The lowest BCUT2D eigenvalue weighted by atomic mass is 9.91. The zero-order valence-corrected chi connectivity index (χ0v) is 16.8. The van der Waals surface area contributed by atoms with Gasteiger partial charge in [0, 0.05) is 24.3 Å². The SMILES string of the molecule is CC(C)(C)OC(=O)N1CCc2ccc(Cl)c(C(N)c3ccccn3)c2CC1. The number of fused-ring (bicyclic) bond motifs is 1. The van der Waals surface area contributed by atoms with Crippen LogP contribution in [0.1, 0.15) is 49.2 Å². The third-order valence-corrected chi connectivity index (χ3v) is 4.98. The van der Waals surface area contributed by atoms with Crippen LogP contribution in [0, 0.1) is 0 Å². The third kappa shape index (κ3) is 4.60. The van der Waals surface area contributed by atoms with Gasteiger partial charge in [-0.15, -0.1) is 0 Å². The van der Waals surface area contributed by atoms with E-state index in [2.05, 4.69) is 4.98 Å². The summed E-state index contributed by atoms with van der Waals surface area (Å²) in [5.74, 6) is 0. The lowest BCUT2D eigenvalue weighted by Crippen LogP contribution is -2.38. The number of carbonyl (C=O) groups is 1. The number of carbonyl (C=O) groups excluding carboxylic acids is 1. The van der Waals surface area contributed by atoms with Crippen molar-refractivity contribution in [2.75, 3.05) is 13.1 Å². The number of hydrogen-bond acceptors (Lipinski definition) is 4. The number of benzene rings is 1. The molecule has 1 aliphatic heterocycles. The number of aromatic nitrogens is 1. The molecule has 5 nitrogen and oxygen atoms in total. The van der Waals surface area contributed by atoms with E-state index in [1.54, 1.807) is 11.1 Å². The lowest BCUT2D eigenvalue weighted by molar-refractivity contribution is 0.0258. The summed E-state index contributed by atoms with van der Waals surface area (Å²) >= 11 is 6.53. The molecule has 6 heteroatoms. The molecule has 2 aromatic rings. The van der Waals surface area contributed by atoms with Gasteiger partial charge < -0.3 is 15.4 Å². The van der Waals surface area contributed by atoms with Crippen molar-refractivity contribution in [2.45, 2.75) is 45.3 Å². The highest BCUT2D eigenvalue weighted by Crippen LogP contribution is 2.33. The van der Waals surface area contributed by atoms with E-state index >= 15 is 0 Å². The first-order valence-electron chi connectivity index (χ1n) is 9.21. The van der Waals surface area contributed by atoms with E-state index in [-0.39, 0.29) is 6.09 Å². The lowest BCUT2D eigenvalue weighted by Gasteiger charge is -2.26. The molecule has 144 valence electrons. The summed E-state index contributed by atoms with van der Waals surface area (Å²) in [6, 6.07) is 9.21. The summed E-state index contributed by atoms with van der Waals surface area (Å²) in [5.41, 5.74) is 9.98. The fourth-order valence-corrected chi connectivity index (χ4v) is 3.67. The van der Waals surface area contributed by atoms with Crippen molar-refractivity contribution in [2.24, 2.45) is 5.73 Å². The van der Waals surface area contributed by atoms with Crippen LogP contribution in [-0.4, -0.2) is 34.7 Å². The van der Waals surface area contributed by atoms with Crippen molar-refractivity contribution in [3.8, 4) is 0 Å². The standard InChI is InChI=1S/C21H26ClN3O2/c1-21(2,3)27-20(26)25-12-9-14-7-8-16(22)18(15(14)10-13-25)19(23)17-6-4-5-11-24-17/h4-8,11,19H,9-10,12-13,23H2,1-3H3. The topological polar surface area (TPSA) is 68.5 Å². The van der Waals surface area contributed by atoms with Crippen molar-refractivity contribution in [1.82, 2.24) is 9.88 Å². The maximum absolute atomic E-state index is 12.5. The molecular formula is C21H26ClN3O2. The van der Waals surface area contributed by atoms with Crippen molar-refractivity contribution in [3.05, 3.63) is 63.9 Å². The molecule has 3 rings (SSSR count). The monoisotopic (exact) mass is 387 g/mol. The third-order valence-electron chi connectivity index (χ3n) is 4.65. The normalized spacial score (nSPS) is 15.7. The molecule has 0 aliphatic carbocycles. The average Bonchev–Trinajstić information content (AvgIpc) is 2.83. The van der Waals surface area contributed by atoms with Crippen LogP contribution in [0.15, 0.2) is 36.5 Å². The van der Waals surface area contributed by atoms with E-state index in [0.717, 1.165) is 23.2 Å². The van der Waals surface area contributed by atoms with Gasteiger partial charge in [0.2, 0.25) is 0 Å². The summed E-state index contributed by atoms with van der Waals surface area (Å²) in [5, 5.41) is 0.637. The number of nitrogens with zero attached hydrogens (tertiary/aromatic N) is 2. The maximum atomic E-state index is 12.5. The Labute approximate surface area is 165 Å². The van der Waals surface area contributed by atoms with E-state index in [1.807, 2.05) is 51.1 Å². The molecule has 0 saturated heterocycles. The zero-order valence-electron chi connectivity index (χ0n) is 16.0. The molecule has 2 N–H and O–H groups in total.